The molecule has 0 aliphatic carbocycles. The van der Waals surface area contributed by atoms with E-state index >= 15 is 0 Å². The van der Waals surface area contributed by atoms with Gasteiger partial charge < -0.3 is 9.80 Å². The van der Waals surface area contributed by atoms with Gasteiger partial charge in [0.05, 0.1) is 0 Å². The summed E-state index contributed by atoms with van der Waals surface area (Å²) in [5.41, 5.74) is 2.81. The minimum Gasteiger partial charge on any atom is -0.301 e. The Bertz CT molecular complexity index is 561. The van der Waals surface area contributed by atoms with Gasteiger partial charge in [0.1, 0.15) is 0 Å². The minimum absolute atomic E-state index is 0. The summed E-state index contributed by atoms with van der Waals surface area (Å²) in [6.07, 6.45) is 7.37. The van der Waals surface area contributed by atoms with Crippen molar-refractivity contribution in [2.24, 2.45) is 0 Å². The summed E-state index contributed by atoms with van der Waals surface area (Å²) >= 11 is 0. The first-order valence-corrected chi connectivity index (χ1v) is 8.78. The molecule has 1 aromatic heterocycles. The third kappa shape index (κ3) is 9.09. The smallest absolute Gasteiger partial charge is 0.0299 e. The topological polar surface area (TPSA) is 19.4 Å². The molecule has 0 spiro atoms. The summed E-state index contributed by atoms with van der Waals surface area (Å²) < 4.78 is 0. The summed E-state index contributed by atoms with van der Waals surface area (Å²) in [5, 5.41) is 0. The fourth-order valence-corrected chi connectivity index (χ4v) is 3.22. The van der Waals surface area contributed by atoms with Gasteiger partial charge in [0.25, 0.3) is 0 Å². The zero-order chi connectivity index (χ0) is 15.7. The third-order valence-electron chi connectivity index (χ3n) is 4.69. The highest BCUT2D eigenvalue weighted by atomic mass is 79.9. The van der Waals surface area contributed by atoms with Crippen LogP contribution in [0, 0.1) is 0 Å². The summed E-state index contributed by atoms with van der Waals surface area (Å²) in [7, 11) is 0. The van der Waals surface area contributed by atoms with Gasteiger partial charge in [-0.05, 0) is 43.0 Å². The molecule has 1 fully saturated rings. The quantitative estimate of drug-likeness (QED) is 0.501. The van der Waals surface area contributed by atoms with Crippen molar-refractivity contribution in [2.45, 2.75) is 19.3 Å². The fraction of sp³-hybridized carbons (Fsp3) is 0.450. The number of benzene rings is 1. The Hall–Kier alpha value is -0.270. The van der Waals surface area contributed by atoms with Crippen LogP contribution in [0.3, 0.4) is 0 Å². The predicted octanol–water partition coefficient (Wildman–Crippen LogP) is 4.61. The highest BCUT2D eigenvalue weighted by molar-refractivity contribution is 8.93. The molecule has 0 atom stereocenters. The lowest BCUT2D eigenvalue weighted by molar-refractivity contribution is 0.132. The Balaban J connectivity index is 0.00000208. The van der Waals surface area contributed by atoms with Gasteiger partial charge in [-0.15, -0.1) is 50.9 Å². The number of pyridine rings is 1. The molecule has 1 saturated heterocycles. The Kier molecular flexibility index (Phi) is 14.6. The second-order valence-corrected chi connectivity index (χ2v) is 6.38. The van der Waals surface area contributed by atoms with E-state index in [2.05, 4.69) is 51.2 Å². The van der Waals surface area contributed by atoms with E-state index in [9.17, 15) is 0 Å². The van der Waals surface area contributed by atoms with Crippen molar-refractivity contribution in [1.82, 2.24) is 14.8 Å². The zero-order valence-corrected chi connectivity index (χ0v) is 20.3. The summed E-state index contributed by atoms with van der Waals surface area (Å²) in [6.45, 7) is 7.23. The minimum atomic E-state index is 0. The summed E-state index contributed by atoms with van der Waals surface area (Å²) in [4.78, 5) is 9.39. The molecule has 0 bridgehead atoms. The third-order valence-corrected chi connectivity index (χ3v) is 4.69. The molecular weight excluding hydrogens is 522 g/mol. The van der Waals surface area contributed by atoms with E-state index in [1.165, 1.54) is 63.2 Å². The molecule has 2 heterocycles. The largest absolute Gasteiger partial charge is 0.301 e. The lowest BCUT2D eigenvalue weighted by Gasteiger charge is -2.34. The van der Waals surface area contributed by atoms with Gasteiger partial charge in [-0.1, -0.05) is 36.4 Å². The van der Waals surface area contributed by atoms with Gasteiger partial charge in [0, 0.05) is 45.1 Å². The number of rotatable bonds is 7. The zero-order valence-electron chi connectivity index (χ0n) is 15.1. The maximum atomic E-state index is 4.19. The van der Waals surface area contributed by atoms with E-state index in [0.29, 0.717) is 0 Å². The van der Waals surface area contributed by atoms with Crippen LogP contribution in [0.15, 0.2) is 54.9 Å². The fourth-order valence-electron chi connectivity index (χ4n) is 3.22. The van der Waals surface area contributed by atoms with Crippen LogP contribution < -0.4 is 0 Å². The maximum Gasteiger partial charge on any atom is 0.0299 e. The molecule has 6 heteroatoms. The van der Waals surface area contributed by atoms with Crippen molar-refractivity contribution < 1.29 is 0 Å². The van der Waals surface area contributed by atoms with Gasteiger partial charge >= 0.3 is 0 Å². The molecule has 0 radical (unpaired) electrons. The monoisotopic (exact) mass is 549 g/mol. The normalized spacial score (nSPS) is 14.6. The van der Waals surface area contributed by atoms with Crippen LogP contribution in [-0.2, 0) is 12.8 Å². The predicted molar refractivity (Wildman–Crippen MR) is 127 cm³/mol. The molecular formula is C20H30Br3N3. The first-order valence-electron chi connectivity index (χ1n) is 8.78. The van der Waals surface area contributed by atoms with E-state index < -0.39 is 0 Å². The van der Waals surface area contributed by atoms with Crippen LogP contribution >= 0.6 is 50.9 Å². The maximum absolute atomic E-state index is 4.19. The highest BCUT2D eigenvalue weighted by Gasteiger charge is 2.15. The number of hydrogen-bond donors (Lipinski definition) is 0. The number of piperazine rings is 1. The molecule has 3 nitrogen and oxygen atoms in total. The standard InChI is InChI=1S/C20H27N3.3BrH/c1-2-6-19(7-3-1)10-13-23-16-14-22(15-17-23)12-5-9-20-8-4-11-21-18-20;;;/h1-4,6-8,11,18H,5,9-10,12-17H2;3*1H. The summed E-state index contributed by atoms with van der Waals surface area (Å²) in [6, 6.07) is 15.0. The number of aryl methyl sites for hydroxylation is 1. The SMILES string of the molecule is Br.Br.Br.c1ccc(CCN2CCN(CCCc3cccnc3)CC2)cc1. The lowest BCUT2D eigenvalue weighted by atomic mass is 10.1. The number of halogens is 3. The van der Waals surface area contributed by atoms with Crippen molar-refractivity contribution in [3.05, 3.63) is 66.0 Å². The van der Waals surface area contributed by atoms with Crippen molar-refractivity contribution in [3.8, 4) is 0 Å². The van der Waals surface area contributed by atoms with Crippen molar-refractivity contribution in [2.75, 3.05) is 39.3 Å². The van der Waals surface area contributed by atoms with Gasteiger partial charge in [-0.3, -0.25) is 4.98 Å². The Labute approximate surface area is 189 Å². The Morgan fingerprint density at radius 3 is 1.92 bits per heavy atom. The molecule has 0 amide bonds. The molecule has 26 heavy (non-hydrogen) atoms. The van der Waals surface area contributed by atoms with Crippen LogP contribution in [0.5, 0.6) is 0 Å². The molecule has 1 aliphatic heterocycles. The number of aromatic nitrogens is 1. The molecule has 2 aromatic rings. The van der Waals surface area contributed by atoms with Crippen molar-refractivity contribution >= 4 is 50.9 Å². The number of nitrogens with zero attached hydrogens (tertiary/aromatic N) is 3. The van der Waals surface area contributed by atoms with E-state index in [4.69, 9.17) is 0 Å². The highest BCUT2D eigenvalue weighted by Crippen LogP contribution is 2.07. The first-order chi connectivity index (χ1) is 11.4. The second-order valence-electron chi connectivity index (χ2n) is 6.38. The molecule has 146 valence electrons. The molecule has 3 rings (SSSR count). The van der Waals surface area contributed by atoms with Crippen molar-refractivity contribution in [3.63, 3.8) is 0 Å². The van der Waals surface area contributed by atoms with Gasteiger partial charge in [0.2, 0.25) is 0 Å². The molecule has 1 aromatic carbocycles. The van der Waals surface area contributed by atoms with Gasteiger partial charge in [0.15, 0.2) is 0 Å². The van der Waals surface area contributed by atoms with Crippen LogP contribution in [0.25, 0.3) is 0 Å². The first kappa shape index (κ1) is 25.7. The van der Waals surface area contributed by atoms with E-state index in [0.717, 1.165) is 6.42 Å². The summed E-state index contributed by atoms with van der Waals surface area (Å²) in [5.74, 6) is 0. The molecule has 0 N–H and O–H groups in total. The Morgan fingerprint density at radius 2 is 1.31 bits per heavy atom. The van der Waals surface area contributed by atoms with Crippen LogP contribution in [-0.4, -0.2) is 54.1 Å². The average Bonchev–Trinajstić information content (AvgIpc) is 2.63. The van der Waals surface area contributed by atoms with Crippen molar-refractivity contribution in [1.29, 1.82) is 0 Å². The molecule has 0 saturated carbocycles. The van der Waals surface area contributed by atoms with Crippen LogP contribution in [0.4, 0.5) is 0 Å². The van der Waals surface area contributed by atoms with Crippen LogP contribution in [0.2, 0.25) is 0 Å². The molecule has 0 unspecified atom stereocenters. The van der Waals surface area contributed by atoms with E-state index in [-0.39, 0.29) is 50.9 Å². The number of hydrogen-bond acceptors (Lipinski definition) is 3. The van der Waals surface area contributed by atoms with Crippen LogP contribution in [0.1, 0.15) is 17.5 Å². The average molecular weight is 552 g/mol. The van der Waals surface area contributed by atoms with E-state index in [1.807, 2.05) is 18.5 Å². The van der Waals surface area contributed by atoms with Gasteiger partial charge in [-0.2, -0.15) is 0 Å². The Morgan fingerprint density at radius 1 is 0.692 bits per heavy atom. The molecule has 1 aliphatic rings. The second kappa shape index (κ2) is 14.7. The van der Waals surface area contributed by atoms with Gasteiger partial charge in [-0.25, -0.2) is 0 Å². The van der Waals surface area contributed by atoms with E-state index in [1.54, 1.807) is 0 Å². The lowest BCUT2D eigenvalue weighted by Crippen LogP contribution is -2.47.